The topological polar surface area (TPSA) is 105 Å². The summed E-state index contributed by atoms with van der Waals surface area (Å²) in [7, 11) is -2.07. The van der Waals surface area contributed by atoms with E-state index in [2.05, 4.69) is 10.6 Å². The lowest BCUT2D eigenvalue weighted by atomic mass is 9.98. The van der Waals surface area contributed by atoms with E-state index in [4.69, 9.17) is 4.74 Å². The van der Waals surface area contributed by atoms with E-state index in [9.17, 15) is 18.0 Å². The summed E-state index contributed by atoms with van der Waals surface area (Å²) in [5.74, 6) is -0.538. The van der Waals surface area contributed by atoms with Crippen molar-refractivity contribution in [2.24, 2.45) is 5.92 Å². The average molecular weight is 426 g/mol. The lowest BCUT2D eigenvalue weighted by molar-refractivity contribution is -0.126. The van der Waals surface area contributed by atoms with Gasteiger partial charge in [0.1, 0.15) is 0 Å². The molecule has 1 atom stereocenters. The zero-order chi connectivity index (χ0) is 21.1. The lowest BCUT2D eigenvalue weighted by Crippen LogP contribution is -2.35. The summed E-state index contributed by atoms with van der Waals surface area (Å²) in [4.78, 5) is 24.8. The first-order valence-corrected chi connectivity index (χ1v) is 11.5. The maximum atomic E-state index is 13.0. The van der Waals surface area contributed by atoms with Crippen LogP contribution in [0.1, 0.15) is 32.1 Å². The van der Waals surface area contributed by atoms with Gasteiger partial charge in [-0.1, -0.05) is 18.2 Å². The molecule has 0 bridgehead atoms. The second-order valence-corrected chi connectivity index (χ2v) is 9.02. The molecular weight excluding hydrogens is 394 g/mol. The molecule has 2 N–H and O–H groups in total. The summed E-state index contributed by atoms with van der Waals surface area (Å²) in [6.45, 7) is 1.91. The Morgan fingerprint density at radius 2 is 2.00 bits per heavy atom. The molecule has 1 aromatic rings. The Hall–Kier alpha value is -1.97. The third-order valence-electron chi connectivity index (χ3n) is 4.94. The zero-order valence-electron chi connectivity index (χ0n) is 16.9. The first-order chi connectivity index (χ1) is 13.9. The van der Waals surface area contributed by atoms with Gasteiger partial charge in [0.2, 0.25) is 21.8 Å². The molecule has 2 amide bonds. The summed E-state index contributed by atoms with van der Waals surface area (Å²) < 4.78 is 32.3. The largest absolute Gasteiger partial charge is 0.385 e. The highest BCUT2D eigenvalue weighted by atomic mass is 32.2. The first-order valence-electron chi connectivity index (χ1n) is 10.0. The van der Waals surface area contributed by atoms with Crippen LogP contribution in [0.2, 0.25) is 0 Å². The number of amides is 2. The van der Waals surface area contributed by atoms with E-state index in [1.54, 1.807) is 37.4 Å². The van der Waals surface area contributed by atoms with Crippen molar-refractivity contribution in [1.29, 1.82) is 0 Å². The molecule has 9 heteroatoms. The molecule has 29 heavy (non-hydrogen) atoms. The monoisotopic (exact) mass is 425 g/mol. The molecule has 0 aliphatic carbocycles. The third-order valence-corrected chi connectivity index (χ3v) is 6.85. The standard InChI is InChI=1S/C20H31N3O5S/c1-28-16-6-12-22-20(25)17-7-5-14-23(15-11-19(24)21-13-10-17)29(26,27)18-8-3-2-4-9-18/h2-4,8-9,17H,5-7,10-16H2,1H3,(H,21,24)(H,22,25). The van der Waals surface area contributed by atoms with E-state index in [0.29, 0.717) is 39.0 Å². The number of carbonyl (C=O) groups is 2. The van der Waals surface area contributed by atoms with Gasteiger partial charge in [-0.3, -0.25) is 9.59 Å². The van der Waals surface area contributed by atoms with Crippen LogP contribution in [0.5, 0.6) is 0 Å². The summed E-state index contributed by atoms with van der Waals surface area (Å²) in [6, 6.07) is 8.22. The highest BCUT2D eigenvalue weighted by Gasteiger charge is 2.26. The van der Waals surface area contributed by atoms with Crippen LogP contribution in [-0.4, -0.2) is 64.4 Å². The quantitative estimate of drug-likeness (QED) is 0.638. The maximum absolute atomic E-state index is 13.0. The minimum absolute atomic E-state index is 0.0629. The second-order valence-electron chi connectivity index (χ2n) is 7.08. The number of hydrogen-bond acceptors (Lipinski definition) is 5. The molecule has 0 spiro atoms. The van der Waals surface area contributed by atoms with Crippen LogP contribution in [0.15, 0.2) is 35.2 Å². The summed E-state index contributed by atoms with van der Waals surface area (Å²) in [5.41, 5.74) is 0. The third kappa shape index (κ3) is 7.41. The molecule has 0 radical (unpaired) electrons. The summed E-state index contributed by atoms with van der Waals surface area (Å²) in [5, 5.41) is 5.69. The van der Waals surface area contributed by atoms with Gasteiger partial charge >= 0.3 is 0 Å². The number of nitrogens with zero attached hydrogens (tertiary/aromatic N) is 1. The lowest BCUT2D eigenvalue weighted by Gasteiger charge is -2.22. The van der Waals surface area contributed by atoms with Crippen LogP contribution in [0.25, 0.3) is 0 Å². The molecule has 162 valence electrons. The Balaban J connectivity index is 2.04. The second kappa shape index (κ2) is 11.9. The number of ether oxygens (including phenoxy) is 1. The predicted molar refractivity (Wildman–Crippen MR) is 110 cm³/mol. The van der Waals surface area contributed by atoms with Crippen LogP contribution in [0, 0.1) is 5.92 Å². The van der Waals surface area contributed by atoms with E-state index in [0.717, 1.165) is 6.42 Å². The van der Waals surface area contributed by atoms with Crippen molar-refractivity contribution >= 4 is 21.8 Å². The fourth-order valence-corrected chi connectivity index (χ4v) is 4.79. The van der Waals surface area contributed by atoms with Gasteiger partial charge in [-0.15, -0.1) is 0 Å². The molecule has 8 nitrogen and oxygen atoms in total. The van der Waals surface area contributed by atoms with Crippen molar-refractivity contribution in [3.8, 4) is 0 Å². The van der Waals surface area contributed by atoms with Crippen LogP contribution in [-0.2, 0) is 24.3 Å². The number of hydrogen-bond donors (Lipinski definition) is 2. The SMILES string of the molecule is COCCCNC(=O)C1CCCN(S(=O)(=O)c2ccccc2)CCC(=O)NCC1. The Morgan fingerprint density at radius 3 is 2.72 bits per heavy atom. The average Bonchev–Trinajstić information content (AvgIpc) is 2.76. The number of methoxy groups -OCH3 is 1. The van der Waals surface area contributed by atoms with Crippen LogP contribution in [0.3, 0.4) is 0 Å². The Labute approximate surface area is 173 Å². The smallest absolute Gasteiger partial charge is 0.243 e. The Bertz CT molecular complexity index is 755. The van der Waals surface area contributed by atoms with Crippen molar-refractivity contribution in [3.63, 3.8) is 0 Å². The minimum atomic E-state index is -3.68. The molecule has 1 aromatic carbocycles. The van der Waals surface area contributed by atoms with Gasteiger partial charge in [0.15, 0.2) is 0 Å². The fraction of sp³-hybridized carbons (Fsp3) is 0.600. The van der Waals surface area contributed by atoms with Crippen molar-refractivity contribution in [2.75, 3.05) is 39.9 Å². The molecule has 1 aliphatic rings. The highest BCUT2D eigenvalue weighted by Crippen LogP contribution is 2.19. The van der Waals surface area contributed by atoms with Crippen molar-refractivity contribution in [1.82, 2.24) is 14.9 Å². The van der Waals surface area contributed by atoms with Gasteiger partial charge in [0.25, 0.3) is 0 Å². The number of sulfonamides is 1. The van der Waals surface area contributed by atoms with Gasteiger partial charge in [0.05, 0.1) is 4.90 Å². The summed E-state index contributed by atoms with van der Waals surface area (Å²) >= 11 is 0. The van der Waals surface area contributed by atoms with Gasteiger partial charge in [-0.2, -0.15) is 4.31 Å². The Morgan fingerprint density at radius 1 is 1.24 bits per heavy atom. The molecule has 0 aromatic heterocycles. The molecular formula is C20H31N3O5S. The van der Waals surface area contributed by atoms with Gasteiger partial charge < -0.3 is 15.4 Å². The highest BCUT2D eigenvalue weighted by molar-refractivity contribution is 7.89. The molecule has 1 unspecified atom stereocenters. The van der Waals surface area contributed by atoms with E-state index >= 15 is 0 Å². The van der Waals surface area contributed by atoms with Crippen LogP contribution < -0.4 is 10.6 Å². The van der Waals surface area contributed by atoms with E-state index < -0.39 is 10.0 Å². The van der Waals surface area contributed by atoms with E-state index in [1.807, 2.05) is 0 Å². The van der Waals surface area contributed by atoms with Crippen molar-refractivity contribution in [3.05, 3.63) is 30.3 Å². The number of carbonyl (C=O) groups excluding carboxylic acids is 2. The van der Waals surface area contributed by atoms with E-state index in [-0.39, 0.29) is 42.1 Å². The minimum Gasteiger partial charge on any atom is -0.385 e. The number of rotatable bonds is 7. The Kier molecular flexibility index (Phi) is 9.56. The predicted octanol–water partition coefficient (Wildman–Crippen LogP) is 1.14. The summed E-state index contributed by atoms with van der Waals surface area (Å²) in [6.07, 6.45) is 2.48. The molecule has 1 heterocycles. The van der Waals surface area contributed by atoms with Gasteiger partial charge in [-0.25, -0.2) is 8.42 Å². The molecule has 1 saturated heterocycles. The molecule has 0 saturated carbocycles. The van der Waals surface area contributed by atoms with E-state index in [1.165, 1.54) is 4.31 Å². The molecule has 1 aliphatic heterocycles. The first kappa shape index (κ1) is 23.3. The van der Waals surface area contributed by atoms with Gasteiger partial charge in [-0.05, 0) is 37.8 Å². The van der Waals surface area contributed by atoms with Crippen LogP contribution in [0.4, 0.5) is 0 Å². The number of nitrogens with one attached hydrogen (secondary N) is 2. The van der Waals surface area contributed by atoms with Gasteiger partial charge in [0, 0.05) is 52.2 Å². The number of benzene rings is 1. The zero-order valence-corrected chi connectivity index (χ0v) is 17.7. The molecule has 1 fully saturated rings. The van der Waals surface area contributed by atoms with Crippen molar-refractivity contribution in [2.45, 2.75) is 37.0 Å². The maximum Gasteiger partial charge on any atom is 0.243 e. The fourth-order valence-electron chi connectivity index (χ4n) is 3.29. The van der Waals surface area contributed by atoms with Crippen molar-refractivity contribution < 1.29 is 22.7 Å². The normalized spacial score (nSPS) is 19.8. The van der Waals surface area contributed by atoms with Crippen LogP contribution >= 0.6 is 0 Å². The molecule has 2 rings (SSSR count).